The molecule has 0 radical (unpaired) electrons. The molecular weight excluding hydrogens is 459 g/mol. The first-order valence-corrected chi connectivity index (χ1v) is 12.1. The van der Waals surface area contributed by atoms with E-state index < -0.39 is 5.60 Å². The quantitative estimate of drug-likeness (QED) is 0.448. The molecular formula is C25H30Cl2N4O2. The number of benzene rings is 2. The molecule has 1 aromatic heterocycles. The maximum Gasteiger partial charge on any atom is 0.410 e. The number of amides is 1. The van der Waals surface area contributed by atoms with E-state index in [1.807, 2.05) is 56.0 Å². The second kappa shape index (κ2) is 9.82. The zero-order valence-corrected chi connectivity index (χ0v) is 20.8. The standard InChI is InChI=1S/C25H30Cl2N4O2/c1-25(2,3)33-24(32)30-12-6-7-17(15-30)14-28-23-29-21-8-4-5-9-22(21)31(23)16-18-13-19(26)10-11-20(18)27/h4-5,8-11,13,17H,6-7,12,14-16H2,1-3H3,(H,28,29). The van der Waals surface area contributed by atoms with Gasteiger partial charge in [-0.05, 0) is 75.4 Å². The van der Waals surface area contributed by atoms with E-state index in [0.29, 0.717) is 35.6 Å². The summed E-state index contributed by atoms with van der Waals surface area (Å²) in [6.45, 7) is 8.35. The Morgan fingerprint density at radius 1 is 1.21 bits per heavy atom. The van der Waals surface area contributed by atoms with Crippen LogP contribution < -0.4 is 5.32 Å². The molecule has 0 saturated carbocycles. The Morgan fingerprint density at radius 2 is 2.00 bits per heavy atom. The Labute approximate surface area is 204 Å². The third-order valence-corrected chi connectivity index (χ3v) is 6.31. The average Bonchev–Trinajstić information content (AvgIpc) is 3.11. The van der Waals surface area contributed by atoms with Gasteiger partial charge in [0.15, 0.2) is 0 Å². The van der Waals surface area contributed by atoms with Crippen LogP contribution in [-0.4, -0.2) is 45.8 Å². The van der Waals surface area contributed by atoms with Crippen LogP contribution >= 0.6 is 23.2 Å². The molecule has 6 nitrogen and oxygen atoms in total. The third kappa shape index (κ3) is 5.92. The number of hydrogen-bond acceptors (Lipinski definition) is 4. The van der Waals surface area contributed by atoms with Gasteiger partial charge in [0.25, 0.3) is 0 Å². The number of para-hydroxylation sites is 2. The number of hydrogen-bond donors (Lipinski definition) is 1. The van der Waals surface area contributed by atoms with Gasteiger partial charge in [-0.3, -0.25) is 0 Å². The number of imidazole rings is 1. The summed E-state index contributed by atoms with van der Waals surface area (Å²) in [5, 5.41) is 4.85. The van der Waals surface area contributed by atoms with Gasteiger partial charge in [0.2, 0.25) is 5.95 Å². The first-order chi connectivity index (χ1) is 15.7. The van der Waals surface area contributed by atoms with Crippen LogP contribution in [0.4, 0.5) is 10.7 Å². The molecule has 33 heavy (non-hydrogen) atoms. The Morgan fingerprint density at radius 3 is 2.79 bits per heavy atom. The number of anilines is 1. The highest BCUT2D eigenvalue weighted by Gasteiger charge is 2.28. The van der Waals surface area contributed by atoms with Crippen LogP contribution in [0.2, 0.25) is 10.0 Å². The summed E-state index contributed by atoms with van der Waals surface area (Å²) in [7, 11) is 0. The van der Waals surface area contributed by atoms with E-state index in [0.717, 1.165) is 41.9 Å². The molecule has 8 heteroatoms. The predicted molar refractivity (Wildman–Crippen MR) is 134 cm³/mol. The van der Waals surface area contributed by atoms with Crippen LogP contribution in [0.15, 0.2) is 42.5 Å². The maximum absolute atomic E-state index is 12.5. The van der Waals surface area contributed by atoms with E-state index in [1.54, 1.807) is 6.07 Å². The second-order valence-corrected chi connectivity index (χ2v) is 10.4. The topological polar surface area (TPSA) is 59.4 Å². The van der Waals surface area contributed by atoms with Crippen molar-refractivity contribution in [2.24, 2.45) is 5.92 Å². The van der Waals surface area contributed by atoms with E-state index in [9.17, 15) is 4.79 Å². The summed E-state index contributed by atoms with van der Waals surface area (Å²) in [4.78, 5) is 19.1. The Hall–Kier alpha value is -2.44. The number of carbonyl (C=O) groups is 1. The third-order valence-electron chi connectivity index (χ3n) is 5.71. The molecule has 1 aliphatic heterocycles. The number of rotatable bonds is 5. The maximum atomic E-state index is 12.5. The van der Waals surface area contributed by atoms with Crippen molar-refractivity contribution < 1.29 is 9.53 Å². The van der Waals surface area contributed by atoms with Gasteiger partial charge in [-0.15, -0.1) is 0 Å². The van der Waals surface area contributed by atoms with Crippen molar-refractivity contribution in [3.8, 4) is 0 Å². The van der Waals surface area contributed by atoms with Gasteiger partial charge in [-0.2, -0.15) is 0 Å². The molecule has 1 saturated heterocycles. The van der Waals surface area contributed by atoms with Crippen molar-refractivity contribution in [1.29, 1.82) is 0 Å². The van der Waals surface area contributed by atoms with Crippen LogP contribution in [0.5, 0.6) is 0 Å². The van der Waals surface area contributed by atoms with Gasteiger partial charge in [0.05, 0.1) is 17.6 Å². The monoisotopic (exact) mass is 488 g/mol. The molecule has 1 unspecified atom stereocenters. The van der Waals surface area contributed by atoms with Crippen molar-refractivity contribution in [3.63, 3.8) is 0 Å². The molecule has 2 aromatic carbocycles. The zero-order chi connectivity index (χ0) is 23.6. The number of likely N-dealkylation sites (tertiary alicyclic amines) is 1. The van der Waals surface area contributed by atoms with Gasteiger partial charge in [-0.25, -0.2) is 9.78 Å². The molecule has 3 aromatic rings. The lowest BCUT2D eigenvalue weighted by Gasteiger charge is -2.34. The van der Waals surface area contributed by atoms with Crippen LogP contribution in [0.1, 0.15) is 39.2 Å². The molecule has 2 heterocycles. The average molecular weight is 489 g/mol. The highest BCUT2D eigenvalue weighted by molar-refractivity contribution is 6.33. The number of carbonyl (C=O) groups excluding carboxylic acids is 1. The number of halogens is 2. The number of fused-ring (bicyclic) bond motifs is 1. The van der Waals surface area contributed by atoms with Gasteiger partial charge in [-0.1, -0.05) is 35.3 Å². The van der Waals surface area contributed by atoms with E-state index in [1.165, 1.54) is 0 Å². The van der Waals surface area contributed by atoms with E-state index in [-0.39, 0.29) is 6.09 Å². The Kier molecular flexibility index (Phi) is 7.05. The van der Waals surface area contributed by atoms with Gasteiger partial charge < -0.3 is 19.5 Å². The highest BCUT2D eigenvalue weighted by atomic mass is 35.5. The lowest BCUT2D eigenvalue weighted by Crippen LogP contribution is -2.44. The Bertz CT molecular complexity index is 1140. The minimum atomic E-state index is -0.491. The number of piperidine rings is 1. The molecule has 1 atom stereocenters. The fourth-order valence-electron chi connectivity index (χ4n) is 4.16. The van der Waals surface area contributed by atoms with Gasteiger partial charge >= 0.3 is 6.09 Å². The molecule has 0 spiro atoms. The molecule has 0 bridgehead atoms. The molecule has 1 N–H and O–H groups in total. The second-order valence-electron chi connectivity index (χ2n) is 9.56. The van der Waals surface area contributed by atoms with Crippen LogP contribution in [0.25, 0.3) is 11.0 Å². The predicted octanol–water partition coefficient (Wildman–Crippen LogP) is 6.45. The normalized spacial score (nSPS) is 16.8. The summed E-state index contributed by atoms with van der Waals surface area (Å²) >= 11 is 12.7. The first-order valence-electron chi connectivity index (χ1n) is 11.3. The molecule has 1 aliphatic rings. The zero-order valence-electron chi connectivity index (χ0n) is 19.3. The minimum absolute atomic E-state index is 0.241. The summed E-state index contributed by atoms with van der Waals surface area (Å²) in [6, 6.07) is 13.5. The van der Waals surface area contributed by atoms with Crippen molar-refractivity contribution in [1.82, 2.24) is 14.5 Å². The lowest BCUT2D eigenvalue weighted by molar-refractivity contribution is 0.0172. The summed E-state index contributed by atoms with van der Waals surface area (Å²) < 4.78 is 7.69. The Balaban J connectivity index is 1.50. The number of nitrogens with zero attached hydrogens (tertiary/aromatic N) is 3. The SMILES string of the molecule is CC(C)(C)OC(=O)N1CCCC(CNc2nc3ccccc3n2Cc2cc(Cl)ccc2Cl)C1. The molecule has 0 aliphatic carbocycles. The lowest BCUT2D eigenvalue weighted by atomic mass is 9.98. The summed E-state index contributed by atoms with van der Waals surface area (Å²) in [5.41, 5.74) is 2.38. The fraction of sp³-hybridized carbons (Fsp3) is 0.440. The van der Waals surface area contributed by atoms with Crippen molar-refractivity contribution >= 4 is 46.3 Å². The van der Waals surface area contributed by atoms with Crippen molar-refractivity contribution in [2.45, 2.75) is 45.8 Å². The van der Waals surface area contributed by atoms with Crippen LogP contribution in [-0.2, 0) is 11.3 Å². The number of aromatic nitrogens is 2. The van der Waals surface area contributed by atoms with Gasteiger partial charge in [0.1, 0.15) is 5.60 Å². The van der Waals surface area contributed by atoms with Crippen LogP contribution in [0, 0.1) is 5.92 Å². The smallest absolute Gasteiger partial charge is 0.410 e. The number of ether oxygens (including phenoxy) is 1. The number of nitrogens with one attached hydrogen (secondary N) is 1. The fourth-order valence-corrected chi connectivity index (χ4v) is 4.54. The van der Waals surface area contributed by atoms with E-state index >= 15 is 0 Å². The highest BCUT2D eigenvalue weighted by Crippen LogP contribution is 2.27. The first kappa shape index (κ1) is 23.7. The molecule has 1 fully saturated rings. The van der Waals surface area contributed by atoms with Crippen molar-refractivity contribution in [3.05, 3.63) is 58.1 Å². The van der Waals surface area contributed by atoms with Crippen molar-refractivity contribution in [2.75, 3.05) is 25.0 Å². The molecule has 4 rings (SSSR count). The summed E-state index contributed by atoms with van der Waals surface area (Å²) in [5.74, 6) is 1.09. The largest absolute Gasteiger partial charge is 0.444 e. The summed E-state index contributed by atoms with van der Waals surface area (Å²) in [6.07, 6.45) is 1.77. The van der Waals surface area contributed by atoms with Gasteiger partial charge in [0, 0.05) is 29.7 Å². The van der Waals surface area contributed by atoms with E-state index in [2.05, 4.69) is 16.0 Å². The minimum Gasteiger partial charge on any atom is -0.444 e. The van der Waals surface area contributed by atoms with Crippen LogP contribution in [0.3, 0.4) is 0 Å². The van der Waals surface area contributed by atoms with E-state index in [4.69, 9.17) is 32.9 Å². The molecule has 1 amide bonds. The molecule has 176 valence electrons.